The first-order chi connectivity index (χ1) is 13.5. The molecule has 1 aliphatic heterocycles. The summed E-state index contributed by atoms with van der Waals surface area (Å²) in [5.41, 5.74) is 2.02. The number of furan rings is 1. The van der Waals surface area contributed by atoms with Crippen LogP contribution in [0.25, 0.3) is 0 Å². The van der Waals surface area contributed by atoms with Crippen molar-refractivity contribution in [3.63, 3.8) is 0 Å². The van der Waals surface area contributed by atoms with Crippen molar-refractivity contribution < 1.29 is 13.9 Å². The van der Waals surface area contributed by atoms with Crippen molar-refractivity contribution in [2.24, 2.45) is 5.92 Å². The van der Waals surface area contributed by atoms with Crippen LogP contribution in [0.4, 0.5) is 0 Å². The summed E-state index contributed by atoms with van der Waals surface area (Å²) in [6.07, 6.45) is 3.41. The molecular formula is C23H32N2O3. The second kappa shape index (κ2) is 9.28. The van der Waals surface area contributed by atoms with Gasteiger partial charge in [-0.2, -0.15) is 0 Å². The molecule has 2 heterocycles. The highest BCUT2D eigenvalue weighted by Gasteiger charge is 2.24. The van der Waals surface area contributed by atoms with Crippen LogP contribution in [0.15, 0.2) is 34.7 Å². The fraction of sp³-hybridized carbons (Fsp3) is 0.522. The minimum atomic E-state index is 0.0599. The van der Waals surface area contributed by atoms with Gasteiger partial charge in [0, 0.05) is 26.7 Å². The molecule has 0 radical (unpaired) electrons. The Hall–Kier alpha value is -2.27. The highest BCUT2D eigenvalue weighted by atomic mass is 16.5. The first-order valence-electron chi connectivity index (χ1n) is 10.1. The molecule has 5 nitrogen and oxygen atoms in total. The molecule has 1 atom stereocenters. The number of aryl methyl sites for hydroxylation is 2. The highest BCUT2D eigenvalue weighted by Crippen LogP contribution is 2.21. The van der Waals surface area contributed by atoms with Crippen LogP contribution in [-0.4, -0.2) is 56.0 Å². The molecule has 2 aromatic rings. The average Bonchev–Trinajstić information content (AvgIpc) is 3.04. The fourth-order valence-electron chi connectivity index (χ4n) is 4.10. The zero-order valence-electron chi connectivity index (χ0n) is 17.5. The molecular weight excluding hydrogens is 352 g/mol. The van der Waals surface area contributed by atoms with E-state index in [4.69, 9.17) is 9.15 Å². The Morgan fingerprint density at radius 2 is 2.04 bits per heavy atom. The van der Waals surface area contributed by atoms with Gasteiger partial charge in [0.15, 0.2) is 0 Å². The molecule has 0 N–H and O–H groups in total. The van der Waals surface area contributed by atoms with E-state index in [1.165, 1.54) is 18.4 Å². The van der Waals surface area contributed by atoms with E-state index < -0.39 is 0 Å². The highest BCUT2D eigenvalue weighted by molar-refractivity contribution is 5.95. The maximum absolute atomic E-state index is 12.7. The predicted octanol–water partition coefficient (Wildman–Crippen LogP) is 3.93. The van der Waals surface area contributed by atoms with Crippen molar-refractivity contribution >= 4 is 5.91 Å². The maximum atomic E-state index is 12.7. The number of ether oxygens (including phenoxy) is 1. The molecule has 0 bridgehead atoms. The van der Waals surface area contributed by atoms with Crippen LogP contribution in [0.2, 0.25) is 0 Å². The van der Waals surface area contributed by atoms with E-state index in [1.807, 2.05) is 44.0 Å². The third kappa shape index (κ3) is 5.16. The van der Waals surface area contributed by atoms with Crippen molar-refractivity contribution in [3.05, 3.63) is 53.0 Å². The summed E-state index contributed by atoms with van der Waals surface area (Å²) >= 11 is 0. The lowest BCUT2D eigenvalue weighted by atomic mass is 9.96. The minimum absolute atomic E-state index is 0.0599. The molecule has 1 aliphatic rings. The number of carbonyl (C=O) groups excluding carboxylic acids is 1. The molecule has 5 heteroatoms. The molecule has 1 aromatic heterocycles. The zero-order chi connectivity index (χ0) is 20.1. The summed E-state index contributed by atoms with van der Waals surface area (Å²) in [4.78, 5) is 17.1. The van der Waals surface area contributed by atoms with Crippen molar-refractivity contribution in [2.75, 3.05) is 40.3 Å². The second-order valence-corrected chi connectivity index (χ2v) is 7.92. The molecule has 0 saturated carbocycles. The number of benzene rings is 1. The summed E-state index contributed by atoms with van der Waals surface area (Å²) in [5.74, 6) is 2.98. The van der Waals surface area contributed by atoms with Crippen LogP contribution in [-0.2, 0) is 6.42 Å². The van der Waals surface area contributed by atoms with E-state index >= 15 is 0 Å². The van der Waals surface area contributed by atoms with E-state index in [0.29, 0.717) is 17.2 Å². The average molecular weight is 385 g/mol. The largest absolute Gasteiger partial charge is 0.497 e. The first kappa shape index (κ1) is 20.5. The molecule has 0 aliphatic carbocycles. The van der Waals surface area contributed by atoms with E-state index in [2.05, 4.69) is 17.0 Å². The van der Waals surface area contributed by atoms with Crippen LogP contribution >= 0.6 is 0 Å². The number of methoxy groups -OCH3 is 1. The van der Waals surface area contributed by atoms with Crippen molar-refractivity contribution in [2.45, 2.75) is 33.1 Å². The molecule has 28 heavy (non-hydrogen) atoms. The second-order valence-electron chi connectivity index (χ2n) is 7.92. The standard InChI is InChI=1S/C23H32N2O3/c1-17-14-22(18(2)28-17)23(26)24(3)15-20-6-5-12-25(16-20)13-11-19-7-9-21(27-4)10-8-19/h7-10,14,20H,5-6,11-13,15-16H2,1-4H3/t20-/m1/s1. The van der Waals surface area contributed by atoms with Gasteiger partial charge in [0.05, 0.1) is 12.7 Å². The topological polar surface area (TPSA) is 45.9 Å². The normalized spacial score (nSPS) is 17.5. The Balaban J connectivity index is 1.49. The summed E-state index contributed by atoms with van der Waals surface area (Å²) in [5, 5.41) is 0. The number of piperidine rings is 1. The van der Waals surface area contributed by atoms with Gasteiger partial charge in [0.2, 0.25) is 0 Å². The first-order valence-corrected chi connectivity index (χ1v) is 10.1. The third-order valence-corrected chi connectivity index (χ3v) is 5.63. The monoisotopic (exact) mass is 384 g/mol. The number of carbonyl (C=O) groups is 1. The van der Waals surface area contributed by atoms with Gasteiger partial charge in [-0.25, -0.2) is 0 Å². The van der Waals surface area contributed by atoms with E-state index in [0.717, 1.165) is 44.1 Å². The molecule has 0 unspecified atom stereocenters. The SMILES string of the molecule is COc1ccc(CCN2CCC[C@H](CN(C)C(=O)c3cc(C)oc3C)C2)cc1. The Bertz CT molecular complexity index is 782. The number of rotatable bonds is 7. The van der Waals surface area contributed by atoms with Crippen LogP contribution in [0.5, 0.6) is 5.75 Å². The summed E-state index contributed by atoms with van der Waals surface area (Å²) in [6.45, 7) is 7.78. The Morgan fingerprint density at radius 3 is 2.68 bits per heavy atom. The smallest absolute Gasteiger partial charge is 0.257 e. The summed E-state index contributed by atoms with van der Waals surface area (Å²) in [6, 6.07) is 10.2. The number of nitrogens with zero attached hydrogens (tertiary/aromatic N) is 2. The van der Waals surface area contributed by atoms with Gasteiger partial charge in [0.1, 0.15) is 17.3 Å². The lowest BCUT2D eigenvalue weighted by Crippen LogP contribution is -2.42. The van der Waals surface area contributed by atoms with Crippen LogP contribution in [0.1, 0.15) is 40.3 Å². The molecule has 1 aromatic carbocycles. The quantitative estimate of drug-likeness (QED) is 0.726. The van der Waals surface area contributed by atoms with Crippen LogP contribution in [0, 0.1) is 19.8 Å². The Morgan fingerprint density at radius 1 is 1.29 bits per heavy atom. The zero-order valence-corrected chi connectivity index (χ0v) is 17.5. The van der Waals surface area contributed by atoms with E-state index in [1.54, 1.807) is 7.11 Å². The van der Waals surface area contributed by atoms with Gasteiger partial charge in [0.25, 0.3) is 5.91 Å². The number of likely N-dealkylation sites (tertiary alicyclic amines) is 1. The van der Waals surface area contributed by atoms with Gasteiger partial charge >= 0.3 is 0 Å². The van der Waals surface area contributed by atoms with Gasteiger partial charge in [-0.3, -0.25) is 4.79 Å². The van der Waals surface area contributed by atoms with Gasteiger partial charge in [-0.05, 0) is 69.3 Å². The molecule has 1 saturated heterocycles. The molecule has 1 amide bonds. The van der Waals surface area contributed by atoms with Gasteiger partial charge in [-0.15, -0.1) is 0 Å². The van der Waals surface area contributed by atoms with Crippen molar-refractivity contribution in [3.8, 4) is 5.75 Å². The van der Waals surface area contributed by atoms with Gasteiger partial charge in [-0.1, -0.05) is 12.1 Å². The summed E-state index contributed by atoms with van der Waals surface area (Å²) in [7, 11) is 3.60. The lowest BCUT2D eigenvalue weighted by molar-refractivity contribution is 0.0728. The lowest BCUT2D eigenvalue weighted by Gasteiger charge is -2.34. The fourth-order valence-corrected chi connectivity index (χ4v) is 4.10. The summed E-state index contributed by atoms with van der Waals surface area (Å²) < 4.78 is 10.7. The number of hydrogen-bond donors (Lipinski definition) is 0. The van der Waals surface area contributed by atoms with Crippen LogP contribution < -0.4 is 4.74 Å². The van der Waals surface area contributed by atoms with Crippen molar-refractivity contribution in [1.82, 2.24) is 9.80 Å². The maximum Gasteiger partial charge on any atom is 0.257 e. The molecule has 0 spiro atoms. The Labute approximate surface area is 168 Å². The van der Waals surface area contributed by atoms with E-state index in [9.17, 15) is 4.79 Å². The molecule has 152 valence electrons. The third-order valence-electron chi connectivity index (χ3n) is 5.63. The van der Waals surface area contributed by atoms with E-state index in [-0.39, 0.29) is 5.91 Å². The van der Waals surface area contributed by atoms with Crippen LogP contribution in [0.3, 0.4) is 0 Å². The Kier molecular flexibility index (Phi) is 6.79. The predicted molar refractivity (Wildman–Crippen MR) is 111 cm³/mol. The molecule has 1 fully saturated rings. The van der Waals surface area contributed by atoms with Gasteiger partial charge < -0.3 is 19.0 Å². The van der Waals surface area contributed by atoms with Crippen molar-refractivity contribution in [1.29, 1.82) is 0 Å². The molecule has 3 rings (SSSR count). The number of amides is 1. The minimum Gasteiger partial charge on any atom is -0.497 e. The number of hydrogen-bond acceptors (Lipinski definition) is 4.